The molecule has 1 rings (SSSR count). The quantitative estimate of drug-likeness (QED) is 0.842. The average Bonchev–Trinajstić information content (AvgIpc) is 2.13. The van der Waals surface area contributed by atoms with E-state index in [0.717, 1.165) is 11.7 Å². The molecule has 0 heterocycles. The highest BCUT2D eigenvalue weighted by molar-refractivity contribution is 6.92. The van der Waals surface area contributed by atoms with Crippen molar-refractivity contribution in [3.63, 3.8) is 0 Å². The molecule has 1 aromatic rings. The van der Waals surface area contributed by atoms with E-state index in [1.165, 1.54) is 5.56 Å². The van der Waals surface area contributed by atoms with Crippen LogP contribution in [-0.4, -0.2) is 22.5 Å². The summed E-state index contributed by atoms with van der Waals surface area (Å²) < 4.78 is 5.32. The summed E-state index contributed by atoms with van der Waals surface area (Å²) in [6, 6.07) is 11.6. The van der Waals surface area contributed by atoms with Gasteiger partial charge in [0.05, 0.1) is 8.07 Å². The van der Waals surface area contributed by atoms with E-state index < -0.39 is 22.5 Å². The molecular weight excluding hydrogens is 258 g/mol. The van der Waals surface area contributed by atoms with Crippen LogP contribution in [0.15, 0.2) is 30.3 Å². The summed E-state index contributed by atoms with van der Waals surface area (Å²) in [5.41, 5.74) is 7.55. The molecule has 0 aliphatic heterocycles. The van der Waals surface area contributed by atoms with Crippen LogP contribution in [0.4, 0.5) is 4.79 Å². The van der Waals surface area contributed by atoms with E-state index >= 15 is 0 Å². The van der Waals surface area contributed by atoms with Gasteiger partial charge in [0.1, 0.15) is 0 Å². The van der Waals surface area contributed by atoms with Crippen LogP contribution >= 0.6 is 0 Å². The maximum Gasteiger partial charge on any atom is 0.390 e. The number of carbonyl (C=O) groups is 1. The van der Waals surface area contributed by atoms with Gasteiger partial charge in [0, 0.05) is 0 Å². The van der Waals surface area contributed by atoms with Crippen molar-refractivity contribution in [3.8, 4) is 0 Å². The number of hydrogen-bond acceptors (Lipinski definition) is 2. The number of hydrogen-bond donors (Lipinski definition) is 1. The third-order valence-electron chi connectivity index (χ3n) is 2.81. The molecule has 18 heavy (non-hydrogen) atoms. The Morgan fingerprint density at radius 1 is 1.17 bits per heavy atom. The van der Waals surface area contributed by atoms with Gasteiger partial charge in [-0.1, -0.05) is 49.0 Å². The van der Waals surface area contributed by atoms with Crippen LogP contribution in [0.3, 0.4) is 0 Å². The highest BCUT2D eigenvalue weighted by Crippen LogP contribution is 2.24. The highest BCUT2D eigenvalue weighted by Gasteiger charge is 2.35. The van der Waals surface area contributed by atoms with Gasteiger partial charge in [0.25, 0.3) is 0 Å². The molecular formula is C13H23NO2Si2. The second-order valence-corrected chi connectivity index (χ2v) is 16.0. The Bertz CT molecular complexity index is 405. The third kappa shape index (κ3) is 5.51. The Morgan fingerprint density at radius 3 is 2.22 bits per heavy atom. The predicted molar refractivity (Wildman–Crippen MR) is 80.6 cm³/mol. The van der Waals surface area contributed by atoms with E-state index in [2.05, 4.69) is 50.5 Å². The number of carbonyl (C=O) groups excluding carboxylic acids is 1. The molecule has 1 amide bonds. The lowest BCUT2D eigenvalue weighted by Crippen LogP contribution is -2.45. The zero-order valence-corrected chi connectivity index (χ0v) is 13.7. The molecule has 0 atom stereocenters. The summed E-state index contributed by atoms with van der Waals surface area (Å²) in [5, 5.41) is 0. The van der Waals surface area contributed by atoms with E-state index in [9.17, 15) is 4.79 Å². The number of benzene rings is 1. The minimum absolute atomic E-state index is 0.629. The van der Waals surface area contributed by atoms with Crippen molar-refractivity contribution in [2.45, 2.75) is 37.9 Å². The van der Waals surface area contributed by atoms with Gasteiger partial charge < -0.3 is 10.2 Å². The smallest absolute Gasteiger partial charge is 0.390 e. The zero-order chi connectivity index (χ0) is 13.8. The first-order valence-corrected chi connectivity index (χ1v) is 12.8. The van der Waals surface area contributed by atoms with E-state index in [0.29, 0.717) is 0 Å². The molecule has 3 nitrogen and oxygen atoms in total. The molecule has 0 aliphatic rings. The first-order valence-electron chi connectivity index (χ1n) is 6.23. The molecule has 0 aromatic heterocycles. The van der Waals surface area contributed by atoms with Crippen LogP contribution in [0.1, 0.15) is 5.56 Å². The topological polar surface area (TPSA) is 52.3 Å². The van der Waals surface area contributed by atoms with Crippen molar-refractivity contribution in [3.05, 3.63) is 35.9 Å². The lowest BCUT2D eigenvalue weighted by Gasteiger charge is -2.31. The Hall–Kier alpha value is -1.08. The minimum atomic E-state index is -1.97. The molecule has 0 saturated heterocycles. The Labute approximate surface area is 111 Å². The largest absolute Gasteiger partial charge is 0.505 e. The van der Waals surface area contributed by atoms with Gasteiger partial charge in [-0.2, -0.15) is 0 Å². The third-order valence-corrected chi connectivity index (χ3v) is 12.2. The van der Waals surface area contributed by atoms with Crippen LogP contribution in [0, 0.1) is 0 Å². The van der Waals surface area contributed by atoms with Gasteiger partial charge in [-0.3, -0.25) is 0 Å². The second-order valence-electron chi connectivity index (χ2n) is 6.18. The minimum Gasteiger partial charge on any atom is -0.505 e. The van der Waals surface area contributed by atoms with Crippen molar-refractivity contribution in [2.24, 2.45) is 5.73 Å². The summed E-state index contributed by atoms with van der Waals surface area (Å²) >= 11 is 0. The average molecular weight is 282 g/mol. The molecule has 2 N–H and O–H groups in total. The van der Waals surface area contributed by atoms with Crippen molar-refractivity contribution in [2.75, 3.05) is 0 Å². The number of rotatable bonds is 5. The van der Waals surface area contributed by atoms with Gasteiger partial charge in [-0.25, -0.2) is 4.79 Å². The Kier molecular flexibility index (Phi) is 4.75. The molecule has 0 saturated carbocycles. The highest BCUT2D eigenvalue weighted by atomic mass is 28.4. The van der Waals surface area contributed by atoms with Crippen molar-refractivity contribution < 1.29 is 9.22 Å². The van der Waals surface area contributed by atoms with Crippen molar-refractivity contribution in [1.29, 1.82) is 0 Å². The second kappa shape index (κ2) is 5.71. The fourth-order valence-corrected chi connectivity index (χ4v) is 14.6. The summed E-state index contributed by atoms with van der Waals surface area (Å²) in [5.74, 6) is 0. The van der Waals surface area contributed by atoms with Gasteiger partial charge >= 0.3 is 6.09 Å². The van der Waals surface area contributed by atoms with E-state index in [1.54, 1.807) is 0 Å². The Balaban J connectivity index is 2.67. The van der Waals surface area contributed by atoms with Crippen LogP contribution in [0.5, 0.6) is 0 Å². The fraction of sp³-hybridized carbons (Fsp3) is 0.462. The first kappa shape index (κ1) is 15.0. The van der Waals surface area contributed by atoms with Crippen LogP contribution < -0.4 is 5.73 Å². The summed E-state index contributed by atoms with van der Waals surface area (Å²) in [4.78, 5) is 10.9. The van der Waals surface area contributed by atoms with Gasteiger partial charge in [0.2, 0.25) is 8.32 Å². The molecule has 0 bridgehead atoms. The molecule has 0 fully saturated rings. The van der Waals surface area contributed by atoms with E-state index in [-0.39, 0.29) is 0 Å². The normalized spacial score (nSPS) is 12.2. The lowest BCUT2D eigenvalue weighted by molar-refractivity contribution is 0.209. The fourth-order valence-electron chi connectivity index (χ4n) is 2.67. The molecule has 0 spiro atoms. The number of nitrogens with two attached hydrogens (primary N) is 1. The Morgan fingerprint density at radius 2 is 1.72 bits per heavy atom. The molecule has 100 valence electrons. The summed E-state index contributed by atoms with van der Waals surface area (Å²) in [7, 11) is -3.39. The van der Waals surface area contributed by atoms with Crippen LogP contribution in [0.2, 0.25) is 31.9 Å². The molecule has 5 heteroatoms. The zero-order valence-electron chi connectivity index (χ0n) is 11.7. The van der Waals surface area contributed by atoms with Crippen LogP contribution in [-0.2, 0) is 10.5 Å². The molecule has 0 radical (unpaired) electrons. The number of amides is 1. The maximum absolute atomic E-state index is 10.9. The van der Waals surface area contributed by atoms with Gasteiger partial charge in [0.15, 0.2) is 0 Å². The molecule has 0 aliphatic carbocycles. The molecule has 0 unspecified atom stereocenters. The lowest BCUT2D eigenvalue weighted by atomic mass is 10.2. The summed E-state index contributed by atoms with van der Waals surface area (Å²) in [6.45, 7) is 8.83. The van der Waals surface area contributed by atoms with Crippen molar-refractivity contribution in [1.82, 2.24) is 0 Å². The van der Waals surface area contributed by atoms with E-state index in [1.807, 2.05) is 6.07 Å². The maximum atomic E-state index is 10.9. The molecule has 1 aromatic carbocycles. The number of primary amides is 1. The van der Waals surface area contributed by atoms with Gasteiger partial charge in [-0.15, -0.1) is 0 Å². The summed E-state index contributed by atoms with van der Waals surface area (Å²) in [6.07, 6.45) is -0.629. The van der Waals surface area contributed by atoms with Crippen LogP contribution in [0.25, 0.3) is 0 Å². The van der Waals surface area contributed by atoms with Gasteiger partial charge in [-0.05, 0) is 24.8 Å². The first-order chi connectivity index (χ1) is 8.20. The monoisotopic (exact) mass is 281 g/mol. The van der Waals surface area contributed by atoms with E-state index in [4.69, 9.17) is 10.2 Å². The van der Waals surface area contributed by atoms with Crippen molar-refractivity contribution >= 4 is 22.5 Å². The SMILES string of the molecule is C[Si](C)(Cc1ccccc1)C[Si](C)(C)OC(N)=O. The predicted octanol–water partition coefficient (Wildman–Crippen LogP) is 3.32. The standard InChI is InChI=1S/C13H23NO2Si2/c1-17(2,10-12-8-6-5-7-9-12)11-18(3,4)16-13(14)15/h5-9H,10-11H2,1-4H3,(H2,14,15).